The summed E-state index contributed by atoms with van der Waals surface area (Å²) in [5, 5.41) is -0.451. The molecule has 1 aliphatic heterocycles. The molecule has 1 heterocycles. The first-order chi connectivity index (χ1) is 10.1. The maximum absolute atomic E-state index is 13.2. The minimum atomic E-state index is -1.43. The number of hydrogen-bond donors (Lipinski definition) is 1. The van der Waals surface area contributed by atoms with Crippen LogP contribution in [0.4, 0.5) is 4.39 Å². The molecule has 0 radical (unpaired) electrons. The van der Waals surface area contributed by atoms with Gasteiger partial charge in [0.15, 0.2) is 0 Å². The van der Waals surface area contributed by atoms with Gasteiger partial charge < -0.3 is 10.5 Å². The number of ether oxygens (including phenoxy) is 1. The summed E-state index contributed by atoms with van der Waals surface area (Å²) in [5.74, 6) is 0.183. The van der Waals surface area contributed by atoms with Gasteiger partial charge in [0.2, 0.25) is 0 Å². The van der Waals surface area contributed by atoms with E-state index in [1.165, 1.54) is 18.2 Å². The second kappa shape index (κ2) is 5.75. The number of hydrogen-bond acceptors (Lipinski definition) is 3. The third kappa shape index (κ3) is 2.69. The molecule has 3 nitrogen and oxygen atoms in total. The zero-order valence-electron chi connectivity index (χ0n) is 11.0. The molecule has 21 heavy (non-hydrogen) atoms. The van der Waals surface area contributed by atoms with E-state index in [4.69, 9.17) is 22.1 Å². The van der Waals surface area contributed by atoms with Crippen molar-refractivity contribution in [1.29, 1.82) is 0 Å². The minimum absolute atomic E-state index is 0.0495. The Morgan fingerprint density at radius 3 is 2.81 bits per heavy atom. The van der Waals surface area contributed by atoms with Crippen LogP contribution in [-0.4, -0.2) is 16.1 Å². The molecule has 3 unspecified atom stereocenters. The number of benzene rings is 2. The van der Waals surface area contributed by atoms with Crippen LogP contribution in [0.3, 0.4) is 0 Å². The topological polar surface area (TPSA) is 52.3 Å². The predicted molar refractivity (Wildman–Crippen MR) is 80.5 cm³/mol. The van der Waals surface area contributed by atoms with Gasteiger partial charge in [-0.2, -0.15) is 0 Å². The van der Waals surface area contributed by atoms with Crippen molar-refractivity contribution in [3.05, 3.63) is 58.9 Å². The zero-order chi connectivity index (χ0) is 15.0. The molecule has 0 aromatic heterocycles. The van der Waals surface area contributed by atoms with Crippen LogP contribution in [0.1, 0.15) is 11.6 Å². The summed E-state index contributed by atoms with van der Waals surface area (Å²) in [6.07, 6.45) is 0. The fourth-order valence-electron chi connectivity index (χ4n) is 2.33. The predicted octanol–water partition coefficient (Wildman–Crippen LogP) is 3.05. The van der Waals surface area contributed by atoms with Crippen LogP contribution in [0, 0.1) is 5.82 Å². The van der Waals surface area contributed by atoms with Gasteiger partial charge in [-0.05, 0) is 24.3 Å². The van der Waals surface area contributed by atoms with Crippen molar-refractivity contribution >= 4 is 22.4 Å². The van der Waals surface area contributed by atoms with Crippen LogP contribution < -0.4 is 10.5 Å². The molecule has 0 amide bonds. The lowest BCUT2D eigenvalue weighted by Crippen LogP contribution is -2.39. The molecule has 110 valence electrons. The van der Waals surface area contributed by atoms with E-state index in [0.717, 1.165) is 11.3 Å². The lowest BCUT2D eigenvalue weighted by atomic mass is 10.0. The van der Waals surface area contributed by atoms with Crippen molar-refractivity contribution in [1.82, 2.24) is 0 Å². The normalized spacial score (nSPS) is 22.2. The summed E-state index contributed by atoms with van der Waals surface area (Å²) in [4.78, 5) is 0.449. The van der Waals surface area contributed by atoms with Gasteiger partial charge in [0, 0.05) is 10.5 Å². The number of halogens is 2. The Morgan fingerprint density at radius 2 is 2.05 bits per heavy atom. The van der Waals surface area contributed by atoms with Gasteiger partial charge in [-0.3, -0.25) is 4.21 Å². The molecule has 0 fully saturated rings. The molecule has 1 aliphatic rings. The van der Waals surface area contributed by atoms with Gasteiger partial charge in [0.05, 0.1) is 27.1 Å². The van der Waals surface area contributed by atoms with Crippen LogP contribution in [0.25, 0.3) is 0 Å². The Bertz CT molecular complexity index is 710. The lowest BCUT2D eigenvalue weighted by molar-refractivity contribution is 0.273. The van der Waals surface area contributed by atoms with E-state index in [1.54, 1.807) is 0 Å². The molecule has 0 spiro atoms. The summed E-state index contributed by atoms with van der Waals surface area (Å²) >= 11 is 5.74. The van der Waals surface area contributed by atoms with E-state index in [-0.39, 0.29) is 11.6 Å². The van der Waals surface area contributed by atoms with Gasteiger partial charge in [-0.25, -0.2) is 4.39 Å². The first kappa shape index (κ1) is 14.5. The van der Waals surface area contributed by atoms with Crippen LogP contribution in [0.2, 0.25) is 5.02 Å². The molecule has 3 rings (SSSR count). The summed E-state index contributed by atoms with van der Waals surface area (Å²) in [7, 11) is -1.43. The number of nitrogens with two attached hydrogens (primary N) is 1. The fraction of sp³-hybridized carbons (Fsp3) is 0.200. The Hall–Kier alpha value is -1.43. The van der Waals surface area contributed by atoms with Crippen molar-refractivity contribution in [3.8, 4) is 5.75 Å². The minimum Gasteiger partial charge on any atom is -0.492 e. The summed E-state index contributed by atoms with van der Waals surface area (Å²) in [6, 6.07) is 11.1. The Morgan fingerprint density at radius 1 is 1.29 bits per heavy atom. The fourth-order valence-corrected chi connectivity index (χ4v) is 3.97. The smallest absolute Gasteiger partial charge is 0.141 e. The summed E-state index contributed by atoms with van der Waals surface area (Å²) < 4.78 is 31.5. The molecule has 0 aliphatic carbocycles. The van der Waals surface area contributed by atoms with Gasteiger partial charge >= 0.3 is 0 Å². The molecule has 0 saturated carbocycles. The summed E-state index contributed by atoms with van der Waals surface area (Å²) in [5.41, 5.74) is 7.05. The molecule has 3 atom stereocenters. The van der Waals surface area contributed by atoms with Gasteiger partial charge in [-0.15, -0.1) is 0 Å². The SMILES string of the molecule is NC1c2ccccc2OCC1S(=O)c1ccc(F)c(Cl)c1. The average Bonchev–Trinajstić information content (AvgIpc) is 2.50. The van der Waals surface area contributed by atoms with E-state index in [2.05, 4.69) is 0 Å². The van der Waals surface area contributed by atoms with Crippen LogP contribution >= 0.6 is 11.6 Å². The highest BCUT2D eigenvalue weighted by molar-refractivity contribution is 7.85. The highest BCUT2D eigenvalue weighted by Crippen LogP contribution is 2.34. The Labute approximate surface area is 129 Å². The molecule has 2 aromatic rings. The van der Waals surface area contributed by atoms with Crippen molar-refractivity contribution < 1.29 is 13.3 Å². The second-order valence-corrected chi connectivity index (χ2v) is 6.87. The third-order valence-corrected chi connectivity index (χ3v) is 5.47. The highest BCUT2D eigenvalue weighted by atomic mass is 35.5. The van der Waals surface area contributed by atoms with Crippen molar-refractivity contribution in [3.63, 3.8) is 0 Å². The van der Waals surface area contributed by atoms with E-state index in [0.29, 0.717) is 4.90 Å². The van der Waals surface area contributed by atoms with Gasteiger partial charge in [-0.1, -0.05) is 29.8 Å². The largest absolute Gasteiger partial charge is 0.492 e. The summed E-state index contributed by atoms with van der Waals surface area (Å²) in [6.45, 7) is 0.250. The average molecular weight is 326 g/mol. The molecule has 0 bridgehead atoms. The van der Waals surface area contributed by atoms with Crippen molar-refractivity contribution in [2.75, 3.05) is 6.61 Å². The first-order valence-electron chi connectivity index (χ1n) is 6.41. The molecular formula is C15H13ClFNO2S. The second-order valence-electron chi connectivity index (χ2n) is 4.79. The zero-order valence-corrected chi connectivity index (χ0v) is 12.5. The quantitative estimate of drug-likeness (QED) is 0.923. The molecule has 6 heteroatoms. The van der Waals surface area contributed by atoms with E-state index in [9.17, 15) is 8.60 Å². The lowest BCUT2D eigenvalue weighted by Gasteiger charge is -2.30. The van der Waals surface area contributed by atoms with Crippen LogP contribution in [-0.2, 0) is 10.8 Å². The maximum Gasteiger partial charge on any atom is 0.141 e. The number of rotatable bonds is 2. The van der Waals surface area contributed by atoms with Crippen LogP contribution in [0.15, 0.2) is 47.4 Å². The van der Waals surface area contributed by atoms with Gasteiger partial charge in [0.25, 0.3) is 0 Å². The third-order valence-electron chi connectivity index (χ3n) is 3.48. The number of fused-ring (bicyclic) bond motifs is 1. The van der Waals surface area contributed by atoms with Crippen LogP contribution in [0.5, 0.6) is 5.75 Å². The molecular weight excluding hydrogens is 313 g/mol. The highest BCUT2D eigenvalue weighted by Gasteiger charge is 2.33. The van der Waals surface area contributed by atoms with Crippen molar-refractivity contribution in [2.24, 2.45) is 5.73 Å². The first-order valence-corrected chi connectivity index (χ1v) is 8.00. The molecule has 0 saturated heterocycles. The maximum atomic E-state index is 13.2. The Kier molecular flexibility index (Phi) is 3.97. The molecule has 2 N–H and O–H groups in total. The molecule has 2 aromatic carbocycles. The number of para-hydroxylation sites is 1. The monoisotopic (exact) mass is 325 g/mol. The van der Waals surface area contributed by atoms with E-state index in [1.807, 2.05) is 24.3 Å². The standard InChI is InChI=1S/C15H13ClFNO2S/c16-11-7-9(5-6-12(11)17)21(19)14-8-20-13-4-2-1-3-10(13)15(14)18/h1-7,14-15H,8,18H2. The Balaban J connectivity index is 1.91. The van der Waals surface area contributed by atoms with Crippen molar-refractivity contribution in [2.45, 2.75) is 16.2 Å². The van der Waals surface area contributed by atoms with E-state index < -0.39 is 27.9 Å². The van der Waals surface area contributed by atoms with E-state index >= 15 is 0 Å². The van der Waals surface area contributed by atoms with Gasteiger partial charge in [0.1, 0.15) is 18.2 Å².